The van der Waals surface area contributed by atoms with Gasteiger partial charge in [-0.2, -0.15) is 4.98 Å². The van der Waals surface area contributed by atoms with E-state index in [2.05, 4.69) is 30.1 Å². The molecule has 0 aliphatic carbocycles. The average molecular weight is 488 g/mol. The maximum atomic E-state index is 12.7. The van der Waals surface area contributed by atoms with E-state index in [4.69, 9.17) is 0 Å². The van der Waals surface area contributed by atoms with Crippen molar-refractivity contribution in [2.75, 3.05) is 17.2 Å². The highest BCUT2D eigenvalue weighted by atomic mass is 19.4. The number of halogens is 6. The van der Waals surface area contributed by atoms with Gasteiger partial charge in [0.25, 0.3) is 0 Å². The number of alkyl halides is 6. The molecule has 0 unspecified atom stereocenters. The van der Waals surface area contributed by atoms with E-state index in [0.717, 1.165) is 18.2 Å². The lowest BCUT2D eigenvalue weighted by Crippen LogP contribution is -2.21. The third kappa shape index (κ3) is 7.40. The zero-order chi connectivity index (χ0) is 24.9. The van der Waals surface area contributed by atoms with Crippen molar-refractivity contribution >= 4 is 17.5 Å². The van der Waals surface area contributed by atoms with E-state index in [1.165, 1.54) is 36.4 Å². The Hall–Kier alpha value is -3.74. The molecule has 0 saturated carbocycles. The summed E-state index contributed by atoms with van der Waals surface area (Å²) in [5.41, 5.74) is 0.276. The first kappa shape index (κ1) is 24.9. The van der Waals surface area contributed by atoms with Crippen LogP contribution >= 0.6 is 0 Å². The summed E-state index contributed by atoms with van der Waals surface area (Å²) in [7, 11) is 0. The molecule has 34 heavy (non-hydrogen) atoms. The second-order valence-corrected chi connectivity index (χ2v) is 6.93. The molecule has 182 valence electrons. The van der Waals surface area contributed by atoms with Crippen molar-refractivity contribution in [2.45, 2.75) is 25.7 Å². The predicted octanol–water partition coefficient (Wildman–Crippen LogP) is 5.48. The van der Waals surface area contributed by atoms with Crippen LogP contribution in [0.1, 0.15) is 6.92 Å². The van der Waals surface area contributed by atoms with E-state index in [0.29, 0.717) is 0 Å². The number of aliphatic hydroxyl groups is 1. The number of rotatable bonds is 8. The number of ether oxygens (including phenoxy) is 2. The van der Waals surface area contributed by atoms with Crippen LogP contribution in [0.15, 0.2) is 54.6 Å². The molecule has 3 aromatic rings. The fourth-order valence-corrected chi connectivity index (χ4v) is 2.76. The van der Waals surface area contributed by atoms with Crippen LogP contribution in [-0.4, -0.2) is 40.4 Å². The molecule has 0 aliphatic heterocycles. The Morgan fingerprint density at radius 2 is 1.62 bits per heavy atom. The monoisotopic (exact) mass is 488 g/mol. The second-order valence-electron chi connectivity index (χ2n) is 6.93. The number of para-hydroxylation sites is 2. The van der Waals surface area contributed by atoms with E-state index < -0.39 is 30.3 Å². The number of nitrogens with one attached hydrogen (secondary N) is 2. The van der Waals surface area contributed by atoms with E-state index in [1.54, 1.807) is 6.92 Å². The van der Waals surface area contributed by atoms with Crippen molar-refractivity contribution in [1.82, 2.24) is 9.97 Å². The van der Waals surface area contributed by atoms with Gasteiger partial charge in [0.2, 0.25) is 5.95 Å². The minimum Gasteiger partial charge on any atom is -0.406 e. The molecule has 1 aromatic heterocycles. The number of hydrogen-bond acceptors (Lipinski definition) is 7. The van der Waals surface area contributed by atoms with Crippen molar-refractivity contribution in [3.05, 3.63) is 54.6 Å². The first-order valence-corrected chi connectivity index (χ1v) is 9.66. The van der Waals surface area contributed by atoms with Crippen LogP contribution in [0.5, 0.6) is 11.5 Å². The highest BCUT2D eigenvalue weighted by Gasteiger charge is 2.32. The van der Waals surface area contributed by atoms with Crippen LogP contribution in [0.2, 0.25) is 0 Å². The van der Waals surface area contributed by atoms with Gasteiger partial charge < -0.3 is 25.2 Å². The molecule has 0 spiro atoms. The third-order valence-corrected chi connectivity index (χ3v) is 4.11. The molecule has 0 fully saturated rings. The van der Waals surface area contributed by atoms with Crippen molar-refractivity contribution in [3.8, 4) is 22.8 Å². The summed E-state index contributed by atoms with van der Waals surface area (Å²) in [5, 5.41) is 14.8. The van der Waals surface area contributed by atoms with Crippen molar-refractivity contribution in [3.63, 3.8) is 0 Å². The molecule has 0 bridgehead atoms. The molecule has 7 nitrogen and oxygen atoms in total. The predicted molar refractivity (Wildman–Crippen MR) is 111 cm³/mol. The lowest BCUT2D eigenvalue weighted by Gasteiger charge is -2.17. The third-order valence-electron chi connectivity index (χ3n) is 4.11. The first-order valence-electron chi connectivity index (χ1n) is 9.66. The Morgan fingerprint density at radius 3 is 2.29 bits per heavy atom. The molecule has 2 aromatic carbocycles. The molecule has 0 radical (unpaired) electrons. The Labute approximate surface area is 189 Å². The topological polar surface area (TPSA) is 88.5 Å². The van der Waals surface area contributed by atoms with Gasteiger partial charge in [-0.15, -0.1) is 26.3 Å². The normalized spacial score (nSPS) is 12.7. The lowest BCUT2D eigenvalue weighted by atomic mass is 10.1. The second kappa shape index (κ2) is 10.0. The quantitative estimate of drug-likeness (QED) is 0.362. The van der Waals surface area contributed by atoms with Gasteiger partial charge in [0.15, 0.2) is 5.75 Å². The fraction of sp³-hybridized carbons (Fsp3) is 0.238. The van der Waals surface area contributed by atoms with E-state index in [-0.39, 0.29) is 35.3 Å². The number of nitrogens with zero attached hydrogens (tertiary/aromatic N) is 2. The largest absolute Gasteiger partial charge is 0.573 e. The molecule has 0 amide bonds. The summed E-state index contributed by atoms with van der Waals surface area (Å²) in [6.07, 6.45) is -9.83. The van der Waals surface area contributed by atoms with Crippen molar-refractivity contribution in [2.24, 2.45) is 0 Å². The average Bonchev–Trinajstić information content (AvgIpc) is 2.73. The van der Waals surface area contributed by atoms with Gasteiger partial charge in [0.05, 0.1) is 18.0 Å². The number of aliphatic hydroxyl groups excluding tert-OH is 1. The van der Waals surface area contributed by atoms with Gasteiger partial charge in [-0.25, -0.2) is 4.98 Å². The van der Waals surface area contributed by atoms with E-state index in [1.807, 2.05) is 0 Å². The zero-order valence-electron chi connectivity index (χ0n) is 17.4. The summed E-state index contributed by atoms with van der Waals surface area (Å²) in [6.45, 7) is 1.33. The first-order chi connectivity index (χ1) is 15.9. The van der Waals surface area contributed by atoms with Crippen LogP contribution in [0, 0.1) is 0 Å². The molecular formula is C21H18F6N4O3. The molecular weight excluding hydrogens is 470 g/mol. The summed E-state index contributed by atoms with van der Waals surface area (Å²) in [5.74, 6) is -1.02. The molecule has 1 atom stereocenters. The maximum Gasteiger partial charge on any atom is 0.573 e. The van der Waals surface area contributed by atoms with Crippen molar-refractivity contribution < 1.29 is 40.9 Å². The minimum absolute atomic E-state index is 0.0120. The molecule has 3 N–H and O–H groups in total. The Morgan fingerprint density at radius 1 is 0.912 bits per heavy atom. The summed E-state index contributed by atoms with van der Waals surface area (Å²) in [4.78, 5) is 8.40. The zero-order valence-corrected chi connectivity index (χ0v) is 17.4. The Balaban J connectivity index is 2.01. The number of aromatic nitrogens is 2. The van der Waals surface area contributed by atoms with Crippen molar-refractivity contribution in [1.29, 1.82) is 0 Å². The summed E-state index contributed by atoms with van der Waals surface area (Å²) < 4.78 is 84.0. The van der Waals surface area contributed by atoms with E-state index >= 15 is 0 Å². The van der Waals surface area contributed by atoms with Gasteiger partial charge in [-0.1, -0.05) is 24.3 Å². The van der Waals surface area contributed by atoms with Gasteiger partial charge in [-0.3, -0.25) is 0 Å². The lowest BCUT2D eigenvalue weighted by molar-refractivity contribution is -0.275. The smallest absolute Gasteiger partial charge is 0.406 e. The van der Waals surface area contributed by atoms with Crippen LogP contribution in [0.25, 0.3) is 11.3 Å². The van der Waals surface area contributed by atoms with E-state index in [9.17, 15) is 31.4 Å². The molecule has 3 rings (SSSR count). The van der Waals surface area contributed by atoms with Crippen LogP contribution in [0.4, 0.5) is 43.8 Å². The van der Waals surface area contributed by atoms with Gasteiger partial charge in [0.1, 0.15) is 11.6 Å². The maximum absolute atomic E-state index is 12.7. The summed E-state index contributed by atoms with van der Waals surface area (Å²) in [6, 6.07) is 11.1. The Kier molecular flexibility index (Phi) is 7.35. The van der Waals surface area contributed by atoms with Gasteiger partial charge in [-0.05, 0) is 31.2 Å². The SMILES string of the molecule is C[C@@H](CO)Nc1nc(Nc2ccccc2OC(F)(F)F)cc(-c2cccc(OC(F)(F)F)c2)n1. The Bertz CT molecular complexity index is 1120. The van der Waals surface area contributed by atoms with Crippen LogP contribution in [0.3, 0.4) is 0 Å². The van der Waals surface area contributed by atoms with Gasteiger partial charge in [0, 0.05) is 17.7 Å². The van der Waals surface area contributed by atoms with Gasteiger partial charge >= 0.3 is 12.7 Å². The number of benzene rings is 2. The van der Waals surface area contributed by atoms with Crippen LogP contribution < -0.4 is 20.1 Å². The number of hydrogen-bond donors (Lipinski definition) is 3. The minimum atomic E-state index is -4.93. The highest BCUT2D eigenvalue weighted by molar-refractivity contribution is 5.70. The molecule has 13 heteroatoms. The molecule has 0 aliphatic rings. The van der Waals surface area contributed by atoms with Crippen LogP contribution in [-0.2, 0) is 0 Å². The summed E-state index contributed by atoms with van der Waals surface area (Å²) >= 11 is 0. The standard InChI is InChI=1S/C21H18F6N4O3/c1-12(11-32)28-19-30-16(13-5-4-6-14(9-13)33-20(22,23)24)10-18(31-19)29-15-7-2-3-8-17(15)34-21(25,26)27/h2-10,12,32H,11H2,1H3,(H2,28,29,30,31)/t12-/m0/s1. The highest BCUT2D eigenvalue weighted by Crippen LogP contribution is 2.33. The molecule has 0 saturated heterocycles. The molecule has 1 heterocycles. The fourth-order valence-electron chi connectivity index (χ4n) is 2.76. The number of anilines is 3.